The zero-order valence-electron chi connectivity index (χ0n) is 14.3. The van der Waals surface area contributed by atoms with E-state index in [9.17, 15) is 14.7 Å². The molecule has 25 heavy (non-hydrogen) atoms. The third-order valence-electron chi connectivity index (χ3n) is 5.09. The largest absolute Gasteiger partial charge is 0.481 e. The summed E-state index contributed by atoms with van der Waals surface area (Å²) in [4.78, 5) is 28.0. The van der Waals surface area contributed by atoms with Crippen LogP contribution in [-0.2, 0) is 9.59 Å². The van der Waals surface area contributed by atoms with E-state index in [0.717, 1.165) is 24.1 Å². The van der Waals surface area contributed by atoms with Crippen LogP contribution in [0.5, 0.6) is 0 Å². The van der Waals surface area contributed by atoms with Crippen molar-refractivity contribution in [3.05, 3.63) is 48.5 Å². The van der Waals surface area contributed by atoms with E-state index in [1.54, 1.807) is 12.5 Å². The molecule has 6 nitrogen and oxygen atoms in total. The molecule has 0 aliphatic heterocycles. The van der Waals surface area contributed by atoms with E-state index in [4.69, 9.17) is 0 Å². The SMILES string of the molecule is C[C@H](NC(=O)CC1(C(=O)O)CCCC1)c1ccc(-n2ccnc2)cc1. The molecule has 6 heteroatoms. The van der Waals surface area contributed by atoms with Gasteiger partial charge in [0.15, 0.2) is 0 Å². The van der Waals surface area contributed by atoms with Gasteiger partial charge in [0, 0.05) is 24.5 Å². The number of carbonyl (C=O) groups excluding carboxylic acids is 1. The lowest BCUT2D eigenvalue weighted by Crippen LogP contribution is -2.36. The molecule has 1 amide bonds. The number of nitrogens with zero attached hydrogens (tertiary/aromatic N) is 2. The average Bonchev–Trinajstić information content (AvgIpc) is 3.27. The zero-order valence-corrected chi connectivity index (χ0v) is 14.3. The van der Waals surface area contributed by atoms with Gasteiger partial charge in [-0.1, -0.05) is 25.0 Å². The molecule has 1 aliphatic rings. The lowest BCUT2D eigenvalue weighted by molar-refractivity contribution is -0.151. The Labute approximate surface area is 146 Å². The van der Waals surface area contributed by atoms with Crippen LogP contribution in [0.3, 0.4) is 0 Å². The highest BCUT2D eigenvalue weighted by atomic mass is 16.4. The van der Waals surface area contributed by atoms with Crippen LogP contribution >= 0.6 is 0 Å². The van der Waals surface area contributed by atoms with E-state index < -0.39 is 11.4 Å². The Morgan fingerprint density at radius 3 is 2.52 bits per heavy atom. The van der Waals surface area contributed by atoms with Gasteiger partial charge in [0.2, 0.25) is 5.91 Å². The molecule has 1 fully saturated rings. The number of benzene rings is 1. The van der Waals surface area contributed by atoms with Crippen molar-refractivity contribution in [1.82, 2.24) is 14.9 Å². The molecule has 1 aromatic heterocycles. The molecule has 0 radical (unpaired) electrons. The second kappa shape index (κ2) is 7.09. The fraction of sp³-hybridized carbons (Fsp3) is 0.421. The van der Waals surface area contributed by atoms with E-state index in [2.05, 4.69) is 10.3 Å². The van der Waals surface area contributed by atoms with Crippen LogP contribution in [0.2, 0.25) is 0 Å². The van der Waals surface area contributed by atoms with Crippen molar-refractivity contribution in [2.75, 3.05) is 0 Å². The molecule has 132 valence electrons. The normalized spacial score (nSPS) is 17.2. The number of imidazole rings is 1. The van der Waals surface area contributed by atoms with Crippen LogP contribution in [0.25, 0.3) is 5.69 Å². The van der Waals surface area contributed by atoms with Gasteiger partial charge >= 0.3 is 5.97 Å². The second-order valence-corrected chi connectivity index (χ2v) is 6.82. The topological polar surface area (TPSA) is 84.2 Å². The Kier molecular flexibility index (Phi) is 4.88. The summed E-state index contributed by atoms with van der Waals surface area (Å²) >= 11 is 0. The number of carboxylic acid groups (broad SMARTS) is 1. The molecule has 0 saturated heterocycles. The number of hydrogen-bond acceptors (Lipinski definition) is 3. The number of aliphatic carboxylic acids is 1. The van der Waals surface area contributed by atoms with Gasteiger partial charge in [0.25, 0.3) is 0 Å². The number of aromatic nitrogens is 2. The summed E-state index contributed by atoms with van der Waals surface area (Å²) in [6.45, 7) is 1.91. The van der Waals surface area contributed by atoms with E-state index in [0.29, 0.717) is 12.8 Å². The van der Waals surface area contributed by atoms with Crippen molar-refractivity contribution >= 4 is 11.9 Å². The minimum Gasteiger partial charge on any atom is -0.481 e. The van der Waals surface area contributed by atoms with E-state index in [-0.39, 0.29) is 18.4 Å². The smallest absolute Gasteiger partial charge is 0.310 e. The van der Waals surface area contributed by atoms with Crippen LogP contribution in [0.1, 0.15) is 50.6 Å². The summed E-state index contributed by atoms with van der Waals surface area (Å²) in [5.41, 5.74) is 1.10. The predicted octanol–water partition coefficient (Wildman–Crippen LogP) is 3.08. The Hall–Kier alpha value is -2.63. The standard InChI is InChI=1S/C19H23N3O3/c1-14(15-4-6-16(7-5-15)22-11-10-20-13-22)21-17(23)12-19(18(24)25)8-2-3-9-19/h4-7,10-11,13-14H,2-3,8-9,12H2,1H3,(H,21,23)(H,24,25)/t14-/m0/s1. The fourth-order valence-electron chi connectivity index (χ4n) is 3.55. The van der Waals surface area contributed by atoms with E-state index >= 15 is 0 Å². The molecule has 1 heterocycles. The number of carbonyl (C=O) groups is 2. The fourth-order valence-corrected chi connectivity index (χ4v) is 3.55. The quantitative estimate of drug-likeness (QED) is 0.845. The monoisotopic (exact) mass is 341 g/mol. The van der Waals surface area contributed by atoms with Crippen molar-refractivity contribution in [1.29, 1.82) is 0 Å². The summed E-state index contributed by atoms with van der Waals surface area (Å²) < 4.78 is 1.91. The minimum absolute atomic E-state index is 0.0554. The van der Waals surface area contributed by atoms with Gasteiger partial charge < -0.3 is 15.0 Å². The summed E-state index contributed by atoms with van der Waals surface area (Å²) in [6, 6.07) is 7.69. The molecule has 2 aromatic rings. The number of carboxylic acids is 1. The number of rotatable bonds is 6. The first-order valence-corrected chi connectivity index (χ1v) is 8.61. The zero-order chi connectivity index (χ0) is 17.9. The van der Waals surface area contributed by atoms with Gasteiger partial charge in [-0.05, 0) is 37.5 Å². The molecule has 1 aromatic carbocycles. The maximum Gasteiger partial charge on any atom is 0.310 e. The summed E-state index contributed by atoms with van der Waals surface area (Å²) in [7, 11) is 0. The molecule has 0 bridgehead atoms. The first-order valence-electron chi connectivity index (χ1n) is 8.61. The van der Waals surface area contributed by atoms with Gasteiger partial charge in [0.05, 0.1) is 17.8 Å². The molecular formula is C19H23N3O3. The Bertz CT molecular complexity index is 732. The van der Waals surface area contributed by atoms with Gasteiger partial charge in [0.1, 0.15) is 0 Å². The van der Waals surface area contributed by atoms with Crippen LogP contribution in [0.15, 0.2) is 43.0 Å². The lowest BCUT2D eigenvalue weighted by Gasteiger charge is -2.24. The second-order valence-electron chi connectivity index (χ2n) is 6.82. The molecule has 1 aliphatic carbocycles. The summed E-state index contributed by atoms with van der Waals surface area (Å²) in [5, 5.41) is 12.4. The first-order chi connectivity index (χ1) is 12.0. The van der Waals surface area contributed by atoms with Crippen molar-refractivity contribution in [2.24, 2.45) is 5.41 Å². The molecule has 1 saturated carbocycles. The van der Waals surface area contributed by atoms with Crippen LogP contribution in [0, 0.1) is 5.41 Å². The third-order valence-corrected chi connectivity index (χ3v) is 5.09. The molecule has 0 spiro atoms. The van der Waals surface area contributed by atoms with E-state index in [1.165, 1.54) is 0 Å². The molecule has 1 atom stereocenters. The molecule has 0 unspecified atom stereocenters. The number of hydrogen-bond donors (Lipinski definition) is 2. The summed E-state index contributed by atoms with van der Waals surface area (Å²) in [6.07, 6.45) is 8.31. The van der Waals surface area contributed by atoms with Gasteiger partial charge in [-0.3, -0.25) is 9.59 Å². The Morgan fingerprint density at radius 1 is 1.28 bits per heavy atom. The highest BCUT2D eigenvalue weighted by molar-refractivity contribution is 5.85. The molecule has 2 N–H and O–H groups in total. The molecular weight excluding hydrogens is 318 g/mol. The summed E-state index contributed by atoms with van der Waals surface area (Å²) in [5.74, 6) is -1.05. The molecule has 3 rings (SSSR count). The maximum absolute atomic E-state index is 12.4. The van der Waals surface area contributed by atoms with Crippen LogP contribution in [0.4, 0.5) is 0 Å². The minimum atomic E-state index is -0.880. The third kappa shape index (κ3) is 3.73. The van der Waals surface area contributed by atoms with Crippen molar-refractivity contribution in [2.45, 2.75) is 45.1 Å². The van der Waals surface area contributed by atoms with E-state index in [1.807, 2.05) is 42.0 Å². The number of amides is 1. The highest BCUT2D eigenvalue weighted by Gasteiger charge is 2.43. The lowest BCUT2D eigenvalue weighted by atomic mass is 9.82. The predicted molar refractivity (Wildman–Crippen MR) is 93.3 cm³/mol. The van der Waals surface area contributed by atoms with Crippen LogP contribution < -0.4 is 5.32 Å². The van der Waals surface area contributed by atoms with Crippen LogP contribution in [-0.4, -0.2) is 26.5 Å². The van der Waals surface area contributed by atoms with Crippen molar-refractivity contribution in [3.8, 4) is 5.69 Å². The maximum atomic E-state index is 12.4. The number of nitrogens with one attached hydrogen (secondary N) is 1. The Morgan fingerprint density at radius 2 is 1.96 bits per heavy atom. The average molecular weight is 341 g/mol. The highest BCUT2D eigenvalue weighted by Crippen LogP contribution is 2.41. The first kappa shape index (κ1) is 17.2. The van der Waals surface area contributed by atoms with Gasteiger partial charge in [-0.15, -0.1) is 0 Å². The van der Waals surface area contributed by atoms with Gasteiger partial charge in [-0.25, -0.2) is 4.98 Å². The van der Waals surface area contributed by atoms with Crippen molar-refractivity contribution < 1.29 is 14.7 Å². The van der Waals surface area contributed by atoms with Crippen molar-refractivity contribution in [3.63, 3.8) is 0 Å². The Balaban J connectivity index is 1.62. The van der Waals surface area contributed by atoms with Gasteiger partial charge in [-0.2, -0.15) is 0 Å².